The molecule has 102 valence electrons. The van der Waals surface area contributed by atoms with Gasteiger partial charge in [-0.1, -0.05) is 41.7 Å². The lowest BCUT2D eigenvalue weighted by Gasteiger charge is -2.23. The zero-order chi connectivity index (χ0) is 13.9. The maximum absolute atomic E-state index is 9.77. The molecule has 0 aliphatic rings. The third-order valence-corrected chi connectivity index (χ3v) is 4.21. The molecule has 0 aliphatic heterocycles. The first-order valence-electron chi connectivity index (χ1n) is 5.88. The van der Waals surface area contributed by atoms with Crippen LogP contribution in [-0.2, 0) is 0 Å². The van der Waals surface area contributed by atoms with Crippen molar-refractivity contribution in [2.24, 2.45) is 0 Å². The highest BCUT2D eigenvalue weighted by atomic mass is 35.5. The van der Waals surface area contributed by atoms with Gasteiger partial charge in [0.25, 0.3) is 0 Å². The maximum Gasteiger partial charge on any atom is 0.0802 e. The van der Waals surface area contributed by atoms with E-state index in [1.165, 1.54) is 0 Å². The standard InChI is InChI=1S/C13H17Cl3O2/c1-3-8(6-11(18)7(2)17)12-9(14)4-5-10(15)13(12)16/h4-5,7-8,11,17-18H,3,6H2,1-2H3. The summed E-state index contributed by atoms with van der Waals surface area (Å²) in [4.78, 5) is 0. The fourth-order valence-electron chi connectivity index (χ4n) is 1.89. The Morgan fingerprint density at radius 1 is 1.11 bits per heavy atom. The largest absolute Gasteiger partial charge is 0.391 e. The van der Waals surface area contributed by atoms with Crippen LogP contribution in [0.2, 0.25) is 15.1 Å². The fraction of sp³-hybridized carbons (Fsp3) is 0.538. The van der Waals surface area contributed by atoms with E-state index >= 15 is 0 Å². The first-order valence-corrected chi connectivity index (χ1v) is 7.01. The Balaban J connectivity index is 3.05. The Morgan fingerprint density at radius 3 is 2.17 bits per heavy atom. The van der Waals surface area contributed by atoms with Gasteiger partial charge in [-0.2, -0.15) is 0 Å². The second-order valence-electron chi connectivity index (χ2n) is 4.41. The van der Waals surface area contributed by atoms with Gasteiger partial charge in [-0.25, -0.2) is 0 Å². The zero-order valence-corrected chi connectivity index (χ0v) is 12.6. The molecule has 3 unspecified atom stereocenters. The van der Waals surface area contributed by atoms with Gasteiger partial charge in [0.05, 0.1) is 22.3 Å². The van der Waals surface area contributed by atoms with Gasteiger partial charge in [0.1, 0.15) is 0 Å². The highest BCUT2D eigenvalue weighted by molar-refractivity contribution is 6.44. The molecular formula is C13H17Cl3O2. The number of aliphatic hydroxyl groups is 2. The molecule has 0 bridgehead atoms. The van der Waals surface area contributed by atoms with Gasteiger partial charge in [-0.3, -0.25) is 0 Å². The van der Waals surface area contributed by atoms with E-state index in [9.17, 15) is 10.2 Å². The second-order valence-corrected chi connectivity index (χ2v) is 5.60. The quantitative estimate of drug-likeness (QED) is 0.797. The summed E-state index contributed by atoms with van der Waals surface area (Å²) in [6.07, 6.45) is -0.436. The molecule has 0 aromatic heterocycles. The van der Waals surface area contributed by atoms with Crippen LogP contribution in [0.15, 0.2) is 12.1 Å². The molecule has 1 aromatic carbocycles. The van der Waals surface area contributed by atoms with Crippen molar-refractivity contribution in [2.45, 2.75) is 44.8 Å². The summed E-state index contributed by atoms with van der Waals surface area (Å²) in [5, 5.41) is 20.5. The third kappa shape index (κ3) is 3.75. The molecule has 0 radical (unpaired) electrons. The summed E-state index contributed by atoms with van der Waals surface area (Å²) in [6, 6.07) is 3.34. The lowest BCUT2D eigenvalue weighted by atomic mass is 9.89. The lowest BCUT2D eigenvalue weighted by molar-refractivity contribution is 0.0215. The van der Waals surface area contributed by atoms with E-state index in [0.717, 1.165) is 12.0 Å². The molecule has 0 aliphatic carbocycles. The van der Waals surface area contributed by atoms with E-state index in [1.54, 1.807) is 19.1 Å². The van der Waals surface area contributed by atoms with Crippen molar-refractivity contribution in [2.75, 3.05) is 0 Å². The molecule has 18 heavy (non-hydrogen) atoms. The predicted octanol–water partition coefficient (Wildman–Crippen LogP) is 4.27. The van der Waals surface area contributed by atoms with E-state index in [2.05, 4.69) is 0 Å². The number of hydrogen-bond acceptors (Lipinski definition) is 2. The van der Waals surface area contributed by atoms with Crippen LogP contribution in [0.25, 0.3) is 0 Å². The Hall–Kier alpha value is 0.01000. The van der Waals surface area contributed by atoms with Gasteiger partial charge in [0.15, 0.2) is 0 Å². The van der Waals surface area contributed by atoms with E-state index in [-0.39, 0.29) is 5.92 Å². The summed E-state index contributed by atoms with van der Waals surface area (Å²) < 4.78 is 0. The molecule has 5 heteroatoms. The molecule has 0 saturated carbocycles. The number of benzene rings is 1. The first kappa shape index (κ1) is 16.1. The summed E-state index contributed by atoms with van der Waals surface area (Å²) in [7, 11) is 0. The molecule has 0 heterocycles. The average Bonchev–Trinajstić information content (AvgIpc) is 2.32. The van der Waals surface area contributed by atoms with Gasteiger partial charge in [-0.05, 0) is 43.4 Å². The predicted molar refractivity (Wildman–Crippen MR) is 76.8 cm³/mol. The van der Waals surface area contributed by atoms with Gasteiger partial charge in [0, 0.05) is 5.02 Å². The number of rotatable bonds is 5. The van der Waals surface area contributed by atoms with E-state index < -0.39 is 12.2 Å². The average molecular weight is 312 g/mol. The molecule has 2 nitrogen and oxygen atoms in total. The number of hydrogen-bond donors (Lipinski definition) is 2. The summed E-state index contributed by atoms with van der Waals surface area (Å²) in [5.74, 6) is -0.0340. The molecule has 2 N–H and O–H groups in total. The minimum Gasteiger partial charge on any atom is -0.391 e. The van der Waals surface area contributed by atoms with Gasteiger partial charge in [-0.15, -0.1) is 0 Å². The van der Waals surface area contributed by atoms with Crippen molar-refractivity contribution < 1.29 is 10.2 Å². The van der Waals surface area contributed by atoms with Crippen LogP contribution in [0.3, 0.4) is 0 Å². The number of aliphatic hydroxyl groups excluding tert-OH is 2. The van der Waals surface area contributed by atoms with Crippen molar-refractivity contribution in [3.8, 4) is 0 Å². The van der Waals surface area contributed by atoms with E-state index in [0.29, 0.717) is 21.5 Å². The Bertz CT molecular complexity index is 407. The highest BCUT2D eigenvalue weighted by Crippen LogP contribution is 2.39. The minimum absolute atomic E-state index is 0.0340. The summed E-state index contributed by atoms with van der Waals surface area (Å²) in [6.45, 7) is 3.53. The first-order chi connectivity index (χ1) is 8.38. The second kappa shape index (κ2) is 6.97. The maximum atomic E-state index is 9.77. The monoisotopic (exact) mass is 310 g/mol. The molecule has 0 amide bonds. The van der Waals surface area contributed by atoms with Crippen LogP contribution in [-0.4, -0.2) is 22.4 Å². The van der Waals surface area contributed by atoms with Crippen LogP contribution in [0, 0.1) is 0 Å². The molecule has 1 rings (SSSR count). The van der Waals surface area contributed by atoms with Crippen molar-refractivity contribution >= 4 is 34.8 Å². The molecule has 0 fully saturated rings. The van der Waals surface area contributed by atoms with E-state index in [4.69, 9.17) is 34.8 Å². The molecule has 3 atom stereocenters. The van der Waals surface area contributed by atoms with Crippen LogP contribution in [0.1, 0.15) is 38.2 Å². The molecule has 0 saturated heterocycles. The Kier molecular flexibility index (Phi) is 6.22. The van der Waals surface area contributed by atoms with Crippen molar-refractivity contribution in [3.05, 3.63) is 32.8 Å². The van der Waals surface area contributed by atoms with Crippen molar-refractivity contribution in [3.63, 3.8) is 0 Å². The smallest absolute Gasteiger partial charge is 0.0802 e. The SMILES string of the molecule is CCC(CC(O)C(C)O)c1c(Cl)ccc(Cl)c1Cl. The van der Waals surface area contributed by atoms with Crippen LogP contribution < -0.4 is 0 Å². The normalized spacial score (nSPS) is 16.4. The minimum atomic E-state index is -0.805. The topological polar surface area (TPSA) is 40.5 Å². The van der Waals surface area contributed by atoms with Crippen molar-refractivity contribution in [1.82, 2.24) is 0 Å². The Labute approximate surface area is 122 Å². The zero-order valence-electron chi connectivity index (χ0n) is 10.3. The van der Waals surface area contributed by atoms with Gasteiger partial charge >= 0.3 is 0 Å². The summed E-state index contributed by atoms with van der Waals surface area (Å²) >= 11 is 18.3. The lowest BCUT2D eigenvalue weighted by Crippen LogP contribution is -2.25. The van der Waals surface area contributed by atoms with Crippen LogP contribution in [0.4, 0.5) is 0 Å². The van der Waals surface area contributed by atoms with E-state index in [1.807, 2.05) is 6.92 Å². The third-order valence-electron chi connectivity index (χ3n) is 3.06. The molecule has 0 spiro atoms. The fourth-order valence-corrected chi connectivity index (χ4v) is 2.74. The summed E-state index contributed by atoms with van der Waals surface area (Å²) in [5.41, 5.74) is 0.744. The molecule has 1 aromatic rings. The van der Waals surface area contributed by atoms with Gasteiger partial charge < -0.3 is 10.2 Å². The van der Waals surface area contributed by atoms with Crippen molar-refractivity contribution in [1.29, 1.82) is 0 Å². The highest BCUT2D eigenvalue weighted by Gasteiger charge is 2.23. The Morgan fingerprint density at radius 2 is 1.67 bits per heavy atom. The van der Waals surface area contributed by atoms with Gasteiger partial charge in [0.2, 0.25) is 0 Å². The van der Waals surface area contributed by atoms with Crippen LogP contribution >= 0.6 is 34.8 Å². The molecular weight excluding hydrogens is 294 g/mol. The number of halogens is 3. The van der Waals surface area contributed by atoms with Crippen LogP contribution in [0.5, 0.6) is 0 Å².